The van der Waals surface area contributed by atoms with Crippen molar-refractivity contribution in [2.45, 2.75) is 13.8 Å². The number of methoxy groups -OCH3 is 4. The van der Waals surface area contributed by atoms with E-state index in [-0.39, 0.29) is 17.1 Å². The van der Waals surface area contributed by atoms with Gasteiger partial charge in [0.1, 0.15) is 22.8 Å². The highest BCUT2D eigenvalue weighted by molar-refractivity contribution is 6.18. The van der Waals surface area contributed by atoms with Crippen LogP contribution in [0.25, 0.3) is 0 Å². The quantitative estimate of drug-likeness (QED) is 0.547. The summed E-state index contributed by atoms with van der Waals surface area (Å²) in [4.78, 5) is 25.9. The lowest BCUT2D eigenvalue weighted by molar-refractivity contribution is 0.0817. The Bertz CT molecular complexity index is 902. The summed E-state index contributed by atoms with van der Waals surface area (Å²) in [5.74, 6) is -0.918. The van der Waals surface area contributed by atoms with Gasteiger partial charge in [0.2, 0.25) is 0 Å². The van der Waals surface area contributed by atoms with Crippen molar-refractivity contribution in [1.29, 1.82) is 0 Å². The van der Waals surface area contributed by atoms with E-state index in [0.29, 0.717) is 28.4 Å². The van der Waals surface area contributed by atoms with Gasteiger partial charge >= 0.3 is 0 Å². The van der Waals surface area contributed by atoms with E-state index in [1.165, 1.54) is 47.5 Å². The predicted octanol–water partition coefficient (Wildman–Crippen LogP) is 3.44. The zero-order chi connectivity index (χ0) is 21.0. The highest BCUT2D eigenvalue weighted by atomic mass is 16.5. The maximum Gasteiger partial charge on any atom is 0.180 e. The Morgan fingerprint density at radius 3 is 1.93 bits per heavy atom. The number of phenolic OH excluding ortho intramolecular Hbond substituents is 1. The molecule has 28 heavy (non-hydrogen) atoms. The number of carbonyl (C=O) groups excluding carboxylic acids is 2. The van der Waals surface area contributed by atoms with Crippen LogP contribution in [-0.2, 0) is 0 Å². The van der Waals surface area contributed by atoms with Crippen LogP contribution in [0, 0.1) is 12.8 Å². The normalized spacial score (nSPS) is 11.5. The fourth-order valence-electron chi connectivity index (χ4n) is 2.91. The summed E-state index contributed by atoms with van der Waals surface area (Å²) >= 11 is 0. The monoisotopic (exact) mass is 388 g/mol. The molecule has 1 atom stereocenters. The van der Waals surface area contributed by atoms with Crippen LogP contribution < -0.4 is 18.9 Å². The maximum atomic E-state index is 13.0. The molecule has 0 spiro atoms. The lowest BCUT2D eigenvalue weighted by atomic mass is 9.89. The van der Waals surface area contributed by atoms with Gasteiger partial charge in [-0.2, -0.15) is 0 Å². The third-order valence-corrected chi connectivity index (χ3v) is 4.61. The van der Waals surface area contributed by atoms with Gasteiger partial charge in [0, 0.05) is 17.2 Å². The number of carbonyl (C=O) groups is 2. The van der Waals surface area contributed by atoms with Crippen molar-refractivity contribution < 1.29 is 33.6 Å². The largest absolute Gasteiger partial charge is 0.507 e. The second-order valence-electron chi connectivity index (χ2n) is 6.15. The van der Waals surface area contributed by atoms with Crippen LogP contribution in [-0.4, -0.2) is 45.1 Å². The molecule has 1 unspecified atom stereocenters. The summed E-state index contributed by atoms with van der Waals surface area (Å²) in [6.07, 6.45) is 0. The molecule has 2 rings (SSSR count). The number of ether oxygens (including phenoxy) is 4. The van der Waals surface area contributed by atoms with Crippen LogP contribution in [0.4, 0.5) is 0 Å². The summed E-state index contributed by atoms with van der Waals surface area (Å²) in [7, 11) is 5.78. The third-order valence-electron chi connectivity index (χ3n) is 4.61. The number of rotatable bonds is 8. The van der Waals surface area contributed by atoms with E-state index in [4.69, 9.17) is 18.9 Å². The first-order valence-corrected chi connectivity index (χ1v) is 8.55. The van der Waals surface area contributed by atoms with Crippen LogP contribution in [0.2, 0.25) is 0 Å². The fourth-order valence-corrected chi connectivity index (χ4v) is 2.91. The molecule has 2 aromatic rings. The second-order valence-corrected chi connectivity index (χ2v) is 6.15. The Hall–Kier alpha value is -3.22. The first-order valence-electron chi connectivity index (χ1n) is 8.55. The van der Waals surface area contributed by atoms with Crippen molar-refractivity contribution in [3.05, 3.63) is 41.0 Å². The molecule has 0 amide bonds. The molecule has 1 N–H and O–H groups in total. The number of aromatic hydroxyl groups is 1. The molecule has 0 aliphatic carbocycles. The van der Waals surface area contributed by atoms with Crippen LogP contribution in [0.15, 0.2) is 24.3 Å². The Balaban J connectivity index is 2.45. The van der Waals surface area contributed by atoms with Gasteiger partial charge in [-0.15, -0.1) is 0 Å². The predicted molar refractivity (Wildman–Crippen MR) is 103 cm³/mol. The molecule has 0 aromatic heterocycles. The summed E-state index contributed by atoms with van der Waals surface area (Å²) in [6, 6.07) is 6.18. The molecular weight excluding hydrogens is 364 g/mol. The van der Waals surface area contributed by atoms with E-state index in [2.05, 4.69) is 0 Å². The molecular formula is C21H24O7. The fraction of sp³-hybridized carbons (Fsp3) is 0.333. The molecule has 0 aliphatic heterocycles. The van der Waals surface area contributed by atoms with Gasteiger partial charge in [0.25, 0.3) is 0 Å². The van der Waals surface area contributed by atoms with Gasteiger partial charge in [0.15, 0.2) is 23.1 Å². The van der Waals surface area contributed by atoms with Gasteiger partial charge < -0.3 is 24.1 Å². The third kappa shape index (κ3) is 3.74. The molecule has 7 heteroatoms. The Morgan fingerprint density at radius 1 is 0.821 bits per heavy atom. The van der Waals surface area contributed by atoms with Crippen LogP contribution in [0.5, 0.6) is 28.7 Å². The molecule has 150 valence electrons. The Morgan fingerprint density at radius 2 is 1.39 bits per heavy atom. The maximum absolute atomic E-state index is 13.0. The van der Waals surface area contributed by atoms with E-state index in [1.54, 1.807) is 19.1 Å². The number of phenols is 1. The highest BCUT2D eigenvalue weighted by Crippen LogP contribution is 2.39. The highest BCUT2D eigenvalue weighted by Gasteiger charge is 2.31. The molecule has 0 saturated carbocycles. The van der Waals surface area contributed by atoms with E-state index in [0.717, 1.165) is 0 Å². The lowest BCUT2D eigenvalue weighted by Gasteiger charge is -2.17. The van der Waals surface area contributed by atoms with Crippen LogP contribution in [0.3, 0.4) is 0 Å². The zero-order valence-electron chi connectivity index (χ0n) is 16.8. The molecule has 0 fully saturated rings. The summed E-state index contributed by atoms with van der Waals surface area (Å²) < 4.78 is 20.8. The lowest BCUT2D eigenvalue weighted by Crippen LogP contribution is -2.22. The minimum atomic E-state index is -1.05. The van der Waals surface area contributed by atoms with Gasteiger partial charge in [0.05, 0.1) is 34.4 Å². The minimum absolute atomic E-state index is 0.0536. The minimum Gasteiger partial charge on any atom is -0.507 e. The zero-order valence-corrected chi connectivity index (χ0v) is 16.8. The number of hydrogen-bond acceptors (Lipinski definition) is 7. The molecule has 0 bridgehead atoms. The first-order chi connectivity index (χ1) is 13.3. The van der Waals surface area contributed by atoms with Gasteiger partial charge in [-0.05, 0) is 32.0 Å². The van der Waals surface area contributed by atoms with Crippen molar-refractivity contribution in [2.24, 2.45) is 5.92 Å². The number of ketones is 2. The molecule has 0 heterocycles. The molecule has 2 aromatic carbocycles. The SMILES string of the molecule is COc1ccc(C(=O)C(C)C(=O)c2c(OC)cc(OC)c(C)c2O)cc1OC. The van der Waals surface area contributed by atoms with E-state index < -0.39 is 17.5 Å². The summed E-state index contributed by atoms with van der Waals surface area (Å²) in [6.45, 7) is 3.10. The van der Waals surface area contributed by atoms with Crippen molar-refractivity contribution in [3.63, 3.8) is 0 Å². The smallest absolute Gasteiger partial charge is 0.180 e. The van der Waals surface area contributed by atoms with Crippen molar-refractivity contribution >= 4 is 11.6 Å². The average Bonchev–Trinajstić information content (AvgIpc) is 2.73. The topological polar surface area (TPSA) is 91.3 Å². The Kier molecular flexibility index (Phi) is 6.51. The standard InChI is InChI=1S/C21H24O7/c1-11-15(26-4)10-17(28-6)18(20(11)23)21(24)12(2)19(22)13-7-8-14(25-3)16(9-13)27-5/h7-10,12,23H,1-6H3. The molecule has 0 radical (unpaired) electrons. The molecule has 7 nitrogen and oxygen atoms in total. The van der Waals surface area contributed by atoms with Gasteiger partial charge in [-0.25, -0.2) is 0 Å². The summed E-state index contributed by atoms with van der Waals surface area (Å²) in [5.41, 5.74) is 0.627. The number of Topliss-reactive ketones (excluding diaryl/α,β-unsaturated/α-hetero) is 2. The van der Waals surface area contributed by atoms with Crippen LogP contribution in [0.1, 0.15) is 33.2 Å². The van der Waals surface area contributed by atoms with Crippen molar-refractivity contribution in [3.8, 4) is 28.7 Å². The van der Waals surface area contributed by atoms with E-state index >= 15 is 0 Å². The second kappa shape index (κ2) is 8.65. The van der Waals surface area contributed by atoms with Crippen LogP contribution >= 0.6 is 0 Å². The first kappa shape index (κ1) is 21.1. The number of benzene rings is 2. The number of hydrogen-bond donors (Lipinski definition) is 1. The van der Waals surface area contributed by atoms with E-state index in [9.17, 15) is 14.7 Å². The summed E-state index contributed by atoms with van der Waals surface area (Å²) in [5, 5.41) is 10.5. The van der Waals surface area contributed by atoms with Crippen molar-refractivity contribution in [1.82, 2.24) is 0 Å². The van der Waals surface area contributed by atoms with Crippen molar-refractivity contribution in [2.75, 3.05) is 28.4 Å². The molecule has 0 saturated heterocycles. The van der Waals surface area contributed by atoms with Gasteiger partial charge in [-0.3, -0.25) is 9.59 Å². The molecule has 0 aliphatic rings. The van der Waals surface area contributed by atoms with Gasteiger partial charge in [-0.1, -0.05) is 0 Å². The Labute approximate surface area is 163 Å². The average molecular weight is 388 g/mol. The van der Waals surface area contributed by atoms with E-state index in [1.807, 2.05) is 0 Å².